The second-order valence-electron chi connectivity index (χ2n) is 11.9. The summed E-state index contributed by atoms with van der Waals surface area (Å²) in [6.45, 7) is 15.2. The Morgan fingerprint density at radius 3 is 2.47 bits per heavy atom. The molecule has 2 saturated heterocycles. The number of benzene rings is 1. The van der Waals surface area contributed by atoms with Crippen molar-refractivity contribution >= 4 is 28.9 Å². The molecule has 8 nitrogen and oxygen atoms in total. The van der Waals surface area contributed by atoms with Crippen LogP contribution in [0.1, 0.15) is 58.9 Å². The molecule has 0 bridgehead atoms. The van der Waals surface area contributed by atoms with Crippen LogP contribution in [0, 0.1) is 20.8 Å². The largest absolute Gasteiger partial charge is 0.378 e. The molecule has 1 aromatic carbocycles. The number of amides is 1. The molecule has 2 aromatic heterocycles. The van der Waals surface area contributed by atoms with E-state index in [-0.39, 0.29) is 5.91 Å². The number of hydrogen-bond donors (Lipinski definition) is 1. The standard InChI is InChI=1S/C34H45ClN6O2/c1-24-9-13-36-22-28(24)23-41(30-7-5-29(6-8-30)40-17-19-43-20-18-40)31-11-15-39(16-12-31)26(3)10-14-37-34(42)33-25(2)21-32(35)38-27(33)4/h5-9,13,21-22,26,31H,10-12,14-20,23H2,1-4H3,(H,37,42)/t26-/m1/s1. The zero-order valence-electron chi connectivity index (χ0n) is 26.0. The first-order chi connectivity index (χ1) is 20.8. The van der Waals surface area contributed by atoms with E-state index in [1.165, 1.54) is 22.5 Å². The minimum Gasteiger partial charge on any atom is -0.378 e. The average Bonchev–Trinajstić information content (AvgIpc) is 3.01. The van der Waals surface area contributed by atoms with Crippen LogP contribution in [-0.2, 0) is 11.3 Å². The summed E-state index contributed by atoms with van der Waals surface area (Å²) in [4.78, 5) is 29.1. The van der Waals surface area contributed by atoms with Gasteiger partial charge in [-0.15, -0.1) is 0 Å². The molecule has 1 N–H and O–H groups in total. The van der Waals surface area contributed by atoms with E-state index in [9.17, 15) is 4.79 Å². The summed E-state index contributed by atoms with van der Waals surface area (Å²) in [7, 11) is 0. The van der Waals surface area contributed by atoms with E-state index in [2.05, 4.69) is 74.2 Å². The normalized spacial score (nSPS) is 17.1. The van der Waals surface area contributed by atoms with Crippen molar-refractivity contribution in [2.45, 2.75) is 65.6 Å². The number of carbonyl (C=O) groups is 1. The first-order valence-corrected chi connectivity index (χ1v) is 15.9. The van der Waals surface area contributed by atoms with Gasteiger partial charge in [-0.25, -0.2) is 4.98 Å². The molecule has 9 heteroatoms. The van der Waals surface area contributed by atoms with Gasteiger partial charge in [0, 0.05) is 75.1 Å². The summed E-state index contributed by atoms with van der Waals surface area (Å²) in [5, 5.41) is 3.53. The second-order valence-corrected chi connectivity index (χ2v) is 12.3. The molecule has 5 rings (SSSR count). The lowest BCUT2D eigenvalue weighted by Gasteiger charge is -2.42. The Bertz CT molecular complexity index is 1350. The maximum Gasteiger partial charge on any atom is 0.253 e. The number of pyridine rings is 2. The number of aryl methyl sites for hydroxylation is 3. The highest BCUT2D eigenvalue weighted by molar-refractivity contribution is 6.29. The molecule has 2 aliphatic rings. The smallest absolute Gasteiger partial charge is 0.253 e. The van der Waals surface area contributed by atoms with Crippen molar-refractivity contribution in [2.24, 2.45) is 0 Å². The Kier molecular flexibility index (Phi) is 10.5. The van der Waals surface area contributed by atoms with Crippen LogP contribution in [0.2, 0.25) is 5.15 Å². The number of nitrogens with zero attached hydrogens (tertiary/aromatic N) is 5. The maximum atomic E-state index is 12.9. The molecule has 230 valence electrons. The summed E-state index contributed by atoms with van der Waals surface area (Å²) in [5.41, 5.74) is 7.21. The minimum atomic E-state index is -0.0777. The SMILES string of the molecule is Cc1ccncc1CN(c1ccc(N2CCOCC2)cc1)C1CCN([C@H](C)CCNC(=O)c2c(C)cc(Cl)nc2C)CC1. The summed E-state index contributed by atoms with van der Waals surface area (Å²) in [6.07, 6.45) is 6.97. The number of anilines is 2. The van der Waals surface area contributed by atoms with Gasteiger partial charge in [-0.2, -0.15) is 0 Å². The lowest BCUT2D eigenvalue weighted by molar-refractivity contribution is 0.0943. The van der Waals surface area contributed by atoms with Crippen LogP contribution >= 0.6 is 11.6 Å². The highest BCUT2D eigenvalue weighted by atomic mass is 35.5. The average molecular weight is 605 g/mol. The first kappa shape index (κ1) is 31.2. The van der Waals surface area contributed by atoms with E-state index in [1.54, 1.807) is 6.07 Å². The number of likely N-dealkylation sites (tertiary alicyclic amines) is 1. The molecule has 0 aliphatic carbocycles. The molecule has 1 atom stereocenters. The van der Waals surface area contributed by atoms with Gasteiger partial charge in [0.25, 0.3) is 5.91 Å². The first-order valence-electron chi connectivity index (χ1n) is 15.5. The van der Waals surface area contributed by atoms with Gasteiger partial charge in [-0.3, -0.25) is 9.78 Å². The summed E-state index contributed by atoms with van der Waals surface area (Å²) in [6, 6.07) is 13.8. The van der Waals surface area contributed by atoms with Gasteiger partial charge in [-0.1, -0.05) is 11.6 Å². The Hall–Kier alpha value is -3.20. The molecule has 43 heavy (non-hydrogen) atoms. The number of aromatic nitrogens is 2. The number of morpholine rings is 1. The second kappa shape index (κ2) is 14.5. The van der Waals surface area contributed by atoms with E-state index in [1.807, 2.05) is 26.2 Å². The molecule has 1 amide bonds. The zero-order chi connectivity index (χ0) is 30.3. The van der Waals surface area contributed by atoms with Crippen molar-refractivity contribution in [3.05, 3.63) is 81.9 Å². The number of piperidine rings is 1. The topological polar surface area (TPSA) is 73.8 Å². The highest BCUT2D eigenvalue weighted by Gasteiger charge is 2.28. The predicted molar refractivity (Wildman–Crippen MR) is 174 cm³/mol. The third-order valence-corrected chi connectivity index (χ3v) is 9.24. The van der Waals surface area contributed by atoms with Gasteiger partial charge < -0.3 is 24.8 Å². The fraction of sp³-hybridized carbons (Fsp3) is 0.500. The summed E-state index contributed by atoms with van der Waals surface area (Å²) >= 11 is 6.05. The fourth-order valence-electron chi connectivity index (χ4n) is 6.39. The molecule has 0 saturated carbocycles. The van der Waals surface area contributed by atoms with Crippen LogP contribution in [0.5, 0.6) is 0 Å². The zero-order valence-corrected chi connectivity index (χ0v) is 26.7. The van der Waals surface area contributed by atoms with Gasteiger partial charge in [0.2, 0.25) is 0 Å². The fourth-order valence-corrected chi connectivity index (χ4v) is 6.68. The maximum absolute atomic E-state index is 12.9. The number of ether oxygens (including phenoxy) is 1. The molecule has 4 heterocycles. The molecular formula is C34H45ClN6O2. The van der Waals surface area contributed by atoms with Gasteiger partial charge in [0.1, 0.15) is 5.15 Å². The molecule has 2 aliphatic heterocycles. The molecule has 0 unspecified atom stereocenters. The van der Waals surface area contributed by atoms with E-state index >= 15 is 0 Å². The van der Waals surface area contributed by atoms with E-state index in [4.69, 9.17) is 16.3 Å². The molecule has 2 fully saturated rings. The Morgan fingerprint density at radius 2 is 1.79 bits per heavy atom. The lowest BCUT2D eigenvalue weighted by atomic mass is 9.98. The lowest BCUT2D eigenvalue weighted by Crippen LogP contribution is -2.48. The van der Waals surface area contributed by atoms with Crippen LogP contribution in [0.3, 0.4) is 0 Å². The van der Waals surface area contributed by atoms with Crippen molar-refractivity contribution in [1.29, 1.82) is 0 Å². The minimum absolute atomic E-state index is 0.0777. The number of nitrogens with one attached hydrogen (secondary N) is 1. The van der Waals surface area contributed by atoms with Crippen molar-refractivity contribution in [2.75, 3.05) is 55.7 Å². The van der Waals surface area contributed by atoms with Gasteiger partial charge >= 0.3 is 0 Å². The molecule has 0 radical (unpaired) electrons. The quantitative estimate of drug-likeness (QED) is 0.303. The van der Waals surface area contributed by atoms with Gasteiger partial charge in [0.05, 0.1) is 24.5 Å². The van der Waals surface area contributed by atoms with Crippen molar-refractivity contribution in [1.82, 2.24) is 20.2 Å². The number of rotatable bonds is 10. The van der Waals surface area contributed by atoms with Crippen LogP contribution in [-0.4, -0.2) is 78.8 Å². The molecule has 3 aromatic rings. The van der Waals surface area contributed by atoms with Crippen LogP contribution in [0.25, 0.3) is 0 Å². The summed E-state index contributed by atoms with van der Waals surface area (Å²) < 4.78 is 5.54. The van der Waals surface area contributed by atoms with E-state index < -0.39 is 0 Å². The Labute approximate surface area is 261 Å². The van der Waals surface area contributed by atoms with Crippen molar-refractivity contribution in [3.63, 3.8) is 0 Å². The van der Waals surface area contributed by atoms with Crippen LogP contribution in [0.4, 0.5) is 11.4 Å². The molecular weight excluding hydrogens is 560 g/mol. The van der Waals surface area contributed by atoms with Crippen LogP contribution in [0.15, 0.2) is 48.8 Å². The number of carbonyl (C=O) groups excluding carboxylic acids is 1. The van der Waals surface area contributed by atoms with Gasteiger partial charge in [-0.05, 0) is 100 Å². The monoisotopic (exact) mass is 604 g/mol. The predicted octanol–water partition coefficient (Wildman–Crippen LogP) is 5.57. The number of hydrogen-bond acceptors (Lipinski definition) is 7. The Balaban J connectivity index is 1.19. The highest BCUT2D eigenvalue weighted by Crippen LogP contribution is 2.29. The third-order valence-electron chi connectivity index (χ3n) is 9.05. The van der Waals surface area contributed by atoms with Gasteiger partial charge in [0.15, 0.2) is 0 Å². The van der Waals surface area contributed by atoms with Crippen LogP contribution < -0.4 is 15.1 Å². The molecule has 0 spiro atoms. The third kappa shape index (κ3) is 7.85. The number of halogens is 1. The van der Waals surface area contributed by atoms with Crippen molar-refractivity contribution in [3.8, 4) is 0 Å². The summed E-state index contributed by atoms with van der Waals surface area (Å²) in [5.74, 6) is -0.0777. The van der Waals surface area contributed by atoms with E-state index in [0.29, 0.717) is 35.0 Å². The van der Waals surface area contributed by atoms with Crippen molar-refractivity contribution < 1.29 is 9.53 Å². The Morgan fingerprint density at radius 1 is 1.07 bits per heavy atom. The van der Waals surface area contributed by atoms with E-state index in [0.717, 1.165) is 70.8 Å².